The van der Waals surface area contributed by atoms with Gasteiger partial charge in [-0.3, -0.25) is 0 Å². The molecule has 0 bridgehead atoms. The van der Waals surface area contributed by atoms with Crippen LogP contribution in [0.5, 0.6) is 0 Å². The van der Waals surface area contributed by atoms with E-state index in [9.17, 15) is 8.42 Å². The summed E-state index contributed by atoms with van der Waals surface area (Å²) < 4.78 is 28.0. The number of halogens is 1. The third-order valence-corrected chi connectivity index (χ3v) is 7.20. The third-order valence-electron chi connectivity index (χ3n) is 5.07. The molecule has 3 aromatic rings. The number of para-hydroxylation sites is 1. The lowest BCUT2D eigenvalue weighted by atomic mass is 10.1. The Balaban J connectivity index is 1.74. The standard InChI is InChI=1S/C22H21ClN2O2S/c1-17-11-13-19(14-12-17)28(26,27)24-15-22(18-7-3-2-4-8-18)25(16-24)21-10-6-5-9-20(21)23/h2-14,22H,15-16H2,1H3. The molecule has 1 fully saturated rings. The minimum atomic E-state index is -3.60. The third kappa shape index (κ3) is 3.53. The molecule has 1 unspecified atom stereocenters. The van der Waals surface area contributed by atoms with E-state index in [2.05, 4.69) is 4.90 Å². The Hall–Kier alpha value is -2.34. The highest BCUT2D eigenvalue weighted by Gasteiger charge is 2.39. The van der Waals surface area contributed by atoms with Gasteiger partial charge in [-0.15, -0.1) is 0 Å². The largest absolute Gasteiger partial charge is 0.348 e. The number of nitrogens with zero attached hydrogens (tertiary/aromatic N) is 2. The van der Waals surface area contributed by atoms with Crippen LogP contribution in [0.4, 0.5) is 5.69 Å². The molecule has 144 valence electrons. The second-order valence-electron chi connectivity index (χ2n) is 6.94. The van der Waals surface area contributed by atoms with Crippen LogP contribution in [-0.2, 0) is 10.0 Å². The lowest BCUT2D eigenvalue weighted by Gasteiger charge is -2.26. The molecule has 1 heterocycles. The van der Waals surface area contributed by atoms with Gasteiger partial charge in [-0.1, -0.05) is 71.8 Å². The summed E-state index contributed by atoms with van der Waals surface area (Å²) in [7, 11) is -3.60. The normalized spacial score (nSPS) is 17.8. The predicted molar refractivity (Wildman–Crippen MR) is 113 cm³/mol. The van der Waals surface area contributed by atoms with Gasteiger partial charge < -0.3 is 4.90 Å². The highest BCUT2D eigenvalue weighted by atomic mass is 35.5. The van der Waals surface area contributed by atoms with Crippen LogP contribution in [0, 0.1) is 6.92 Å². The number of rotatable bonds is 4. The van der Waals surface area contributed by atoms with Gasteiger partial charge in [0.1, 0.15) is 0 Å². The first-order valence-corrected chi connectivity index (χ1v) is 10.9. The van der Waals surface area contributed by atoms with Gasteiger partial charge in [-0.25, -0.2) is 8.42 Å². The van der Waals surface area contributed by atoms with E-state index in [0.717, 1.165) is 16.8 Å². The van der Waals surface area contributed by atoms with E-state index in [1.165, 1.54) is 4.31 Å². The minimum Gasteiger partial charge on any atom is -0.348 e. The Morgan fingerprint density at radius 3 is 2.21 bits per heavy atom. The molecule has 1 aliphatic rings. The number of benzene rings is 3. The van der Waals surface area contributed by atoms with Crippen molar-refractivity contribution in [3.8, 4) is 0 Å². The van der Waals surface area contributed by atoms with Crippen molar-refractivity contribution in [1.82, 2.24) is 4.31 Å². The molecule has 0 spiro atoms. The Labute approximate surface area is 171 Å². The average Bonchev–Trinajstić information content (AvgIpc) is 3.15. The summed E-state index contributed by atoms with van der Waals surface area (Å²) in [5.41, 5.74) is 2.92. The maximum absolute atomic E-state index is 13.3. The quantitative estimate of drug-likeness (QED) is 0.614. The molecule has 0 saturated carbocycles. The molecule has 4 rings (SSSR count). The van der Waals surface area contributed by atoms with Crippen LogP contribution < -0.4 is 4.90 Å². The van der Waals surface area contributed by atoms with Crippen molar-refractivity contribution in [2.75, 3.05) is 18.1 Å². The van der Waals surface area contributed by atoms with E-state index in [1.54, 1.807) is 12.1 Å². The zero-order chi connectivity index (χ0) is 19.7. The van der Waals surface area contributed by atoms with E-state index in [-0.39, 0.29) is 12.7 Å². The molecule has 0 N–H and O–H groups in total. The van der Waals surface area contributed by atoms with Crippen LogP contribution >= 0.6 is 11.6 Å². The maximum atomic E-state index is 13.3. The molecule has 0 amide bonds. The minimum absolute atomic E-state index is 0.110. The molecule has 3 aromatic carbocycles. The van der Waals surface area contributed by atoms with Crippen molar-refractivity contribution in [3.05, 3.63) is 95.0 Å². The van der Waals surface area contributed by atoms with Crippen LogP contribution in [0.15, 0.2) is 83.8 Å². The van der Waals surface area contributed by atoms with E-state index >= 15 is 0 Å². The predicted octanol–water partition coefficient (Wildman–Crippen LogP) is 4.86. The van der Waals surface area contributed by atoms with Gasteiger partial charge in [0.05, 0.1) is 28.3 Å². The zero-order valence-electron chi connectivity index (χ0n) is 15.5. The molecule has 0 aromatic heterocycles. The average molecular weight is 413 g/mol. The van der Waals surface area contributed by atoms with Gasteiger partial charge in [-0.05, 0) is 36.8 Å². The molecule has 4 nitrogen and oxygen atoms in total. The van der Waals surface area contributed by atoms with Gasteiger partial charge in [0, 0.05) is 6.54 Å². The van der Waals surface area contributed by atoms with Crippen LogP contribution in [0.1, 0.15) is 17.2 Å². The fraction of sp³-hybridized carbons (Fsp3) is 0.182. The second-order valence-corrected chi connectivity index (χ2v) is 9.29. The first-order chi connectivity index (χ1) is 13.5. The summed E-state index contributed by atoms with van der Waals surface area (Å²) >= 11 is 6.44. The summed E-state index contributed by atoms with van der Waals surface area (Å²) in [6.07, 6.45) is 0. The molecule has 1 saturated heterocycles. The number of sulfonamides is 1. The smallest absolute Gasteiger partial charge is 0.244 e. The summed E-state index contributed by atoms with van der Waals surface area (Å²) in [6.45, 7) is 2.56. The number of hydrogen-bond donors (Lipinski definition) is 0. The molecule has 0 aliphatic carbocycles. The molecular weight excluding hydrogens is 392 g/mol. The summed E-state index contributed by atoms with van der Waals surface area (Å²) in [5.74, 6) is 0. The van der Waals surface area contributed by atoms with Gasteiger partial charge in [0.25, 0.3) is 0 Å². The molecule has 28 heavy (non-hydrogen) atoms. The van der Waals surface area contributed by atoms with Crippen LogP contribution in [0.25, 0.3) is 0 Å². The maximum Gasteiger partial charge on any atom is 0.244 e. The summed E-state index contributed by atoms with van der Waals surface area (Å²) in [5, 5.41) is 0.609. The number of aryl methyl sites for hydroxylation is 1. The van der Waals surface area contributed by atoms with Crippen molar-refractivity contribution in [1.29, 1.82) is 0 Å². The zero-order valence-corrected chi connectivity index (χ0v) is 17.1. The van der Waals surface area contributed by atoms with Gasteiger partial charge in [-0.2, -0.15) is 4.31 Å². The molecule has 0 radical (unpaired) electrons. The van der Waals surface area contributed by atoms with Crippen molar-refractivity contribution < 1.29 is 8.42 Å². The van der Waals surface area contributed by atoms with E-state index in [4.69, 9.17) is 11.6 Å². The van der Waals surface area contributed by atoms with E-state index in [1.807, 2.05) is 73.7 Å². The molecule has 1 atom stereocenters. The lowest BCUT2D eigenvalue weighted by Crippen LogP contribution is -2.31. The number of anilines is 1. The fourth-order valence-corrected chi connectivity index (χ4v) is 5.18. The van der Waals surface area contributed by atoms with E-state index < -0.39 is 10.0 Å². The SMILES string of the molecule is Cc1ccc(S(=O)(=O)N2CC(c3ccccc3)N(c3ccccc3Cl)C2)cc1. The second kappa shape index (κ2) is 7.59. The molecule has 1 aliphatic heterocycles. The van der Waals surface area contributed by atoms with E-state index in [0.29, 0.717) is 16.5 Å². The Morgan fingerprint density at radius 2 is 1.54 bits per heavy atom. The first kappa shape index (κ1) is 19.0. The fourth-order valence-electron chi connectivity index (χ4n) is 3.54. The molecular formula is C22H21ClN2O2S. The van der Waals surface area contributed by atoms with Gasteiger partial charge in [0.15, 0.2) is 0 Å². The van der Waals surface area contributed by atoms with Crippen LogP contribution in [0.2, 0.25) is 5.02 Å². The van der Waals surface area contributed by atoms with Crippen LogP contribution in [0.3, 0.4) is 0 Å². The molecule has 6 heteroatoms. The van der Waals surface area contributed by atoms with Crippen LogP contribution in [-0.4, -0.2) is 25.9 Å². The van der Waals surface area contributed by atoms with Crippen molar-refractivity contribution in [3.63, 3.8) is 0 Å². The van der Waals surface area contributed by atoms with Gasteiger partial charge >= 0.3 is 0 Å². The van der Waals surface area contributed by atoms with Crippen molar-refractivity contribution >= 4 is 27.3 Å². The topological polar surface area (TPSA) is 40.6 Å². The highest BCUT2D eigenvalue weighted by Crippen LogP contribution is 2.38. The Bertz CT molecular complexity index is 1070. The summed E-state index contributed by atoms with van der Waals surface area (Å²) in [6, 6.07) is 24.4. The lowest BCUT2D eigenvalue weighted by molar-refractivity contribution is 0.473. The number of hydrogen-bond acceptors (Lipinski definition) is 3. The first-order valence-electron chi connectivity index (χ1n) is 9.10. The van der Waals surface area contributed by atoms with Crippen molar-refractivity contribution in [2.24, 2.45) is 0 Å². The summed E-state index contributed by atoms with van der Waals surface area (Å²) in [4.78, 5) is 2.37. The van der Waals surface area contributed by atoms with Crippen molar-refractivity contribution in [2.45, 2.75) is 17.9 Å². The Kier molecular flexibility index (Phi) is 5.15. The highest BCUT2D eigenvalue weighted by molar-refractivity contribution is 7.89. The van der Waals surface area contributed by atoms with Gasteiger partial charge in [0.2, 0.25) is 10.0 Å². The Morgan fingerprint density at radius 1 is 0.893 bits per heavy atom. The monoisotopic (exact) mass is 412 g/mol.